The molecule has 1 heterocycles. The van der Waals surface area contributed by atoms with Crippen LogP contribution in [0.5, 0.6) is 5.75 Å². The number of ether oxygens (including phenoxy) is 1. The van der Waals surface area contributed by atoms with Gasteiger partial charge in [-0.15, -0.1) is 5.10 Å². The van der Waals surface area contributed by atoms with E-state index >= 15 is 0 Å². The molecule has 0 aliphatic carbocycles. The maximum Gasteiger partial charge on any atom is 0.144 e. The molecule has 0 fully saturated rings. The van der Waals surface area contributed by atoms with E-state index < -0.39 is 0 Å². The molecular weight excluding hydrogens is 278 g/mol. The standard InChI is InChI=1S/C17H17N3O2/c1-12-8-9-16(22-2)15(10-12)20-17(14(11-21)18-19-20)13-6-4-3-5-7-13/h3-10,21H,11H2,1-2H3. The Kier molecular flexibility index (Phi) is 3.89. The molecule has 0 unspecified atom stereocenters. The van der Waals surface area contributed by atoms with Gasteiger partial charge in [-0.2, -0.15) is 0 Å². The molecule has 3 aromatic rings. The lowest BCUT2D eigenvalue weighted by Gasteiger charge is -2.12. The molecule has 0 bridgehead atoms. The quantitative estimate of drug-likeness (QED) is 0.804. The third-order valence-corrected chi connectivity index (χ3v) is 3.50. The zero-order valence-corrected chi connectivity index (χ0v) is 12.5. The van der Waals surface area contributed by atoms with Crippen molar-refractivity contribution >= 4 is 0 Å². The molecule has 5 heteroatoms. The smallest absolute Gasteiger partial charge is 0.144 e. The first-order chi connectivity index (χ1) is 10.7. The highest BCUT2D eigenvalue weighted by Crippen LogP contribution is 2.30. The second-order valence-corrected chi connectivity index (χ2v) is 5.00. The Morgan fingerprint density at radius 2 is 1.91 bits per heavy atom. The first-order valence-electron chi connectivity index (χ1n) is 7.00. The van der Waals surface area contributed by atoms with Crippen molar-refractivity contribution in [1.82, 2.24) is 15.0 Å². The summed E-state index contributed by atoms with van der Waals surface area (Å²) >= 11 is 0. The highest BCUT2D eigenvalue weighted by molar-refractivity contribution is 5.65. The molecule has 1 N–H and O–H groups in total. The number of aliphatic hydroxyl groups excluding tert-OH is 1. The van der Waals surface area contributed by atoms with E-state index in [0.717, 1.165) is 22.5 Å². The largest absolute Gasteiger partial charge is 0.494 e. The number of methoxy groups -OCH3 is 1. The minimum absolute atomic E-state index is 0.168. The van der Waals surface area contributed by atoms with E-state index in [1.807, 2.05) is 55.5 Å². The number of aliphatic hydroxyl groups is 1. The molecule has 1 aromatic heterocycles. The van der Waals surface area contributed by atoms with Crippen LogP contribution < -0.4 is 4.74 Å². The van der Waals surface area contributed by atoms with Crippen molar-refractivity contribution in [2.45, 2.75) is 13.5 Å². The molecule has 0 radical (unpaired) electrons. The summed E-state index contributed by atoms with van der Waals surface area (Å²) in [4.78, 5) is 0. The van der Waals surface area contributed by atoms with Crippen molar-refractivity contribution in [3.05, 3.63) is 59.8 Å². The molecule has 5 nitrogen and oxygen atoms in total. The molecule has 2 aromatic carbocycles. The Hall–Kier alpha value is -2.66. The van der Waals surface area contributed by atoms with Crippen LogP contribution in [0.25, 0.3) is 16.9 Å². The molecule has 0 aliphatic rings. The van der Waals surface area contributed by atoms with Crippen LogP contribution >= 0.6 is 0 Å². The summed E-state index contributed by atoms with van der Waals surface area (Å²) in [5.74, 6) is 0.706. The Morgan fingerprint density at radius 1 is 1.14 bits per heavy atom. The second-order valence-electron chi connectivity index (χ2n) is 5.00. The predicted octanol–water partition coefficient (Wildman–Crippen LogP) is 2.74. The third kappa shape index (κ3) is 2.46. The number of hydrogen-bond donors (Lipinski definition) is 1. The lowest BCUT2D eigenvalue weighted by Crippen LogP contribution is -2.03. The highest BCUT2D eigenvalue weighted by atomic mass is 16.5. The van der Waals surface area contributed by atoms with Crippen LogP contribution in [0.1, 0.15) is 11.3 Å². The second kappa shape index (κ2) is 5.99. The van der Waals surface area contributed by atoms with E-state index in [-0.39, 0.29) is 6.61 Å². The molecule has 0 atom stereocenters. The summed E-state index contributed by atoms with van der Waals surface area (Å²) in [6, 6.07) is 15.6. The van der Waals surface area contributed by atoms with E-state index in [0.29, 0.717) is 11.4 Å². The fraction of sp³-hybridized carbons (Fsp3) is 0.176. The lowest BCUT2D eigenvalue weighted by atomic mass is 10.1. The topological polar surface area (TPSA) is 60.2 Å². The van der Waals surface area contributed by atoms with Crippen LogP contribution in [0.15, 0.2) is 48.5 Å². The highest BCUT2D eigenvalue weighted by Gasteiger charge is 2.18. The van der Waals surface area contributed by atoms with Crippen molar-refractivity contribution in [2.24, 2.45) is 0 Å². The average molecular weight is 295 g/mol. The Labute approximate surface area is 128 Å². The van der Waals surface area contributed by atoms with Gasteiger partial charge in [-0.05, 0) is 24.6 Å². The van der Waals surface area contributed by atoms with Gasteiger partial charge >= 0.3 is 0 Å². The van der Waals surface area contributed by atoms with Crippen LogP contribution in [0.4, 0.5) is 0 Å². The van der Waals surface area contributed by atoms with Gasteiger partial charge in [0.1, 0.15) is 22.8 Å². The Balaban J connectivity index is 2.25. The van der Waals surface area contributed by atoms with Crippen molar-refractivity contribution in [3.8, 4) is 22.7 Å². The summed E-state index contributed by atoms with van der Waals surface area (Å²) in [5.41, 5.74) is 4.14. The average Bonchev–Trinajstić information content (AvgIpc) is 2.99. The number of nitrogens with zero attached hydrogens (tertiary/aromatic N) is 3. The minimum Gasteiger partial charge on any atom is -0.494 e. The SMILES string of the molecule is COc1ccc(C)cc1-n1nnc(CO)c1-c1ccccc1. The molecule has 0 saturated heterocycles. The van der Waals surface area contributed by atoms with Gasteiger partial charge in [0.15, 0.2) is 0 Å². The maximum atomic E-state index is 9.57. The van der Waals surface area contributed by atoms with Gasteiger partial charge in [0.2, 0.25) is 0 Å². The summed E-state index contributed by atoms with van der Waals surface area (Å²) in [7, 11) is 1.63. The van der Waals surface area contributed by atoms with E-state index in [1.165, 1.54) is 0 Å². The molecular formula is C17H17N3O2. The predicted molar refractivity (Wildman–Crippen MR) is 84.0 cm³/mol. The van der Waals surface area contributed by atoms with Gasteiger partial charge in [-0.3, -0.25) is 0 Å². The Morgan fingerprint density at radius 3 is 2.59 bits per heavy atom. The van der Waals surface area contributed by atoms with Crippen LogP contribution in [-0.2, 0) is 6.61 Å². The normalized spacial score (nSPS) is 10.7. The number of aryl methyl sites for hydroxylation is 1. The van der Waals surface area contributed by atoms with Crippen molar-refractivity contribution in [2.75, 3.05) is 7.11 Å². The van der Waals surface area contributed by atoms with Gasteiger partial charge in [0.25, 0.3) is 0 Å². The van der Waals surface area contributed by atoms with Crippen LogP contribution in [0.3, 0.4) is 0 Å². The van der Waals surface area contributed by atoms with Crippen LogP contribution in [0.2, 0.25) is 0 Å². The lowest BCUT2D eigenvalue weighted by molar-refractivity contribution is 0.277. The van der Waals surface area contributed by atoms with Crippen LogP contribution in [-0.4, -0.2) is 27.2 Å². The van der Waals surface area contributed by atoms with Crippen molar-refractivity contribution in [3.63, 3.8) is 0 Å². The third-order valence-electron chi connectivity index (χ3n) is 3.50. The Bertz CT molecular complexity index is 782. The van der Waals surface area contributed by atoms with Gasteiger partial charge in [-0.1, -0.05) is 41.6 Å². The monoisotopic (exact) mass is 295 g/mol. The van der Waals surface area contributed by atoms with E-state index in [1.54, 1.807) is 11.8 Å². The first-order valence-corrected chi connectivity index (χ1v) is 7.00. The van der Waals surface area contributed by atoms with Gasteiger partial charge < -0.3 is 9.84 Å². The molecule has 112 valence electrons. The molecule has 0 saturated carbocycles. The van der Waals surface area contributed by atoms with Crippen molar-refractivity contribution in [1.29, 1.82) is 0 Å². The fourth-order valence-electron chi connectivity index (χ4n) is 2.44. The number of benzene rings is 2. The van der Waals surface area contributed by atoms with E-state index in [2.05, 4.69) is 10.3 Å². The molecule has 0 spiro atoms. The molecule has 22 heavy (non-hydrogen) atoms. The molecule has 3 rings (SSSR count). The van der Waals surface area contributed by atoms with E-state index in [4.69, 9.17) is 4.74 Å². The van der Waals surface area contributed by atoms with Gasteiger partial charge in [0.05, 0.1) is 13.7 Å². The van der Waals surface area contributed by atoms with E-state index in [9.17, 15) is 5.11 Å². The zero-order chi connectivity index (χ0) is 15.5. The molecule has 0 aliphatic heterocycles. The first kappa shape index (κ1) is 14.3. The summed E-state index contributed by atoms with van der Waals surface area (Å²) in [5, 5.41) is 17.9. The fourth-order valence-corrected chi connectivity index (χ4v) is 2.44. The molecule has 0 amide bonds. The van der Waals surface area contributed by atoms with Gasteiger partial charge in [0, 0.05) is 5.56 Å². The zero-order valence-electron chi connectivity index (χ0n) is 12.5. The summed E-state index contributed by atoms with van der Waals surface area (Å²) in [6.07, 6.45) is 0. The minimum atomic E-state index is -0.168. The number of rotatable bonds is 4. The van der Waals surface area contributed by atoms with Gasteiger partial charge in [-0.25, -0.2) is 4.68 Å². The number of aromatic nitrogens is 3. The number of hydrogen-bond acceptors (Lipinski definition) is 4. The summed E-state index contributed by atoms with van der Waals surface area (Å²) in [6.45, 7) is 1.84. The maximum absolute atomic E-state index is 9.57. The van der Waals surface area contributed by atoms with Crippen LogP contribution in [0, 0.1) is 6.92 Å². The van der Waals surface area contributed by atoms with Crippen molar-refractivity contribution < 1.29 is 9.84 Å². The summed E-state index contributed by atoms with van der Waals surface area (Å²) < 4.78 is 7.15.